The van der Waals surface area contributed by atoms with Crippen molar-refractivity contribution in [2.75, 3.05) is 6.54 Å². The summed E-state index contributed by atoms with van der Waals surface area (Å²) in [5.74, 6) is 1.18. The normalized spacial score (nSPS) is 15.4. The molecule has 0 aliphatic carbocycles. The van der Waals surface area contributed by atoms with Crippen LogP contribution in [0, 0.1) is 0 Å². The number of benzene rings is 2. The summed E-state index contributed by atoms with van der Waals surface area (Å²) in [5.41, 5.74) is 1.41. The third kappa shape index (κ3) is 2.00. The number of nitrogens with zero attached hydrogens (tertiary/aromatic N) is 3. The lowest BCUT2D eigenvalue weighted by Gasteiger charge is -2.27. The minimum Gasteiger partial charge on any atom is -0.333 e. The molecule has 0 fully saturated rings. The van der Waals surface area contributed by atoms with E-state index in [1.165, 1.54) is 22.2 Å². The Morgan fingerprint density at radius 1 is 1.00 bits per heavy atom. The van der Waals surface area contributed by atoms with Crippen molar-refractivity contribution in [3.63, 3.8) is 0 Å². The molecule has 1 aliphatic heterocycles. The maximum atomic E-state index is 4.43. The van der Waals surface area contributed by atoms with Crippen LogP contribution in [0.4, 0.5) is 0 Å². The topological polar surface area (TPSA) is 21.1 Å². The van der Waals surface area contributed by atoms with E-state index in [2.05, 4.69) is 63.1 Å². The second-order valence-electron chi connectivity index (χ2n) is 5.39. The molecule has 1 aliphatic rings. The van der Waals surface area contributed by atoms with Crippen molar-refractivity contribution in [2.24, 2.45) is 0 Å². The van der Waals surface area contributed by atoms with Crippen molar-refractivity contribution in [3.8, 4) is 0 Å². The zero-order valence-corrected chi connectivity index (χ0v) is 11.4. The fourth-order valence-electron chi connectivity index (χ4n) is 3.03. The highest BCUT2D eigenvalue weighted by Gasteiger charge is 2.17. The monoisotopic (exact) mass is 263 g/mol. The lowest BCUT2D eigenvalue weighted by Crippen LogP contribution is -2.33. The molecular formula is C17H17N3. The Labute approximate surface area is 118 Å². The number of hydrogen-bond donors (Lipinski definition) is 0. The van der Waals surface area contributed by atoms with Gasteiger partial charge in [-0.25, -0.2) is 4.98 Å². The lowest BCUT2D eigenvalue weighted by atomic mass is 10.0. The molecular weight excluding hydrogens is 246 g/mol. The Morgan fingerprint density at radius 3 is 2.90 bits per heavy atom. The summed E-state index contributed by atoms with van der Waals surface area (Å²) < 4.78 is 2.25. The largest absolute Gasteiger partial charge is 0.333 e. The summed E-state index contributed by atoms with van der Waals surface area (Å²) >= 11 is 0. The van der Waals surface area contributed by atoms with Gasteiger partial charge in [0.15, 0.2) is 0 Å². The SMILES string of the molecule is c1ccc2c(CN3CCn4ccnc4C3)cccc2c1. The van der Waals surface area contributed by atoms with Crippen molar-refractivity contribution in [1.29, 1.82) is 0 Å². The van der Waals surface area contributed by atoms with Gasteiger partial charge in [0, 0.05) is 32.0 Å². The van der Waals surface area contributed by atoms with Gasteiger partial charge in [-0.3, -0.25) is 4.90 Å². The van der Waals surface area contributed by atoms with Crippen LogP contribution >= 0.6 is 0 Å². The lowest BCUT2D eigenvalue weighted by molar-refractivity contribution is 0.209. The molecule has 3 heteroatoms. The van der Waals surface area contributed by atoms with E-state index in [4.69, 9.17) is 0 Å². The summed E-state index contributed by atoms with van der Waals surface area (Å²) in [4.78, 5) is 6.91. The Morgan fingerprint density at radius 2 is 1.90 bits per heavy atom. The average Bonchev–Trinajstić information content (AvgIpc) is 2.95. The first-order chi connectivity index (χ1) is 9.90. The molecule has 3 nitrogen and oxygen atoms in total. The van der Waals surface area contributed by atoms with E-state index in [9.17, 15) is 0 Å². The molecule has 0 amide bonds. The van der Waals surface area contributed by atoms with Gasteiger partial charge >= 0.3 is 0 Å². The molecule has 0 saturated carbocycles. The first-order valence-corrected chi connectivity index (χ1v) is 7.09. The van der Waals surface area contributed by atoms with Crippen molar-refractivity contribution in [2.45, 2.75) is 19.6 Å². The number of hydrogen-bond acceptors (Lipinski definition) is 2. The molecule has 0 unspecified atom stereocenters. The highest BCUT2D eigenvalue weighted by atomic mass is 15.2. The summed E-state index contributed by atoms with van der Waals surface area (Å²) in [6, 6.07) is 15.2. The quantitative estimate of drug-likeness (QED) is 0.708. The molecule has 1 aromatic heterocycles. The third-order valence-corrected chi connectivity index (χ3v) is 4.10. The van der Waals surface area contributed by atoms with E-state index in [0.717, 1.165) is 26.2 Å². The van der Waals surface area contributed by atoms with Gasteiger partial charge in [-0.1, -0.05) is 42.5 Å². The van der Waals surface area contributed by atoms with Crippen LogP contribution in [0.15, 0.2) is 54.9 Å². The molecule has 0 atom stereocenters. The first-order valence-electron chi connectivity index (χ1n) is 7.09. The highest BCUT2D eigenvalue weighted by Crippen LogP contribution is 2.21. The number of fused-ring (bicyclic) bond motifs is 2. The molecule has 3 aromatic rings. The van der Waals surface area contributed by atoms with Crippen LogP contribution in [0.1, 0.15) is 11.4 Å². The van der Waals surface area contributed by atoms with Crippen molar-refractivity contribution >= 4 is 10.8 Å². The van der Waals surface area contributed by atoms with Gasteiger partial charge in [-0.15, -0.1) is 0 Å². The van der Waals surface area contributed by atoms with E-state index in [-0.39, 0.29) is 0 Å². The summed E-state index contributed by atoms with van der Waals surface area (Å²) in [5, 5.41) is 2.69. The van der Waals surface area contributed by atoms with Crippen LogP contribution < -0.4 is 0 Å². The minimum atomic E-state index is 0.941. The molecule has 20 heavy (non-hydrogen) atoms. The molecule has 100 valence electrons. The van der Waals surface area contributed by atoms with Crippen molar-refractivity contribution < 1.29 is 0 Å². The average molecular weight is 263 g/mol. The predicted octanol–water partition coefficient (Wildman–Crippen LogP) is 3.05. The summed E-state index contributed by atoms with van der Waals surface area (Å²) in [6.45, 7) is 4.07. The molecule has 2 heterocycles. The van der Waals surface area contributed by atoms with Gasteiger partial charge in [-0.05, 0) is 16.3 Å². The van der Waals surface area contributed by atoms with E-state index < -0.39 is 0 Å². The second kappa shape index (κ2) is 4.76. The maximum absolute atomic E-state index is 4.43. The van der Waals surface area contributed by atoms with Gasteiger partial charge in [0.2, 0.25) is 0 Å². The van der Waals surface area contributed by atoms with Gasteiger partial charge in [-0.2, -0.15) is 0 Å². The smallest absolute Gasteiger partial charge is 0.122 e. The molecule has 0 N–H and O–H groups in total. The van der Waals surface area contributed by atoms with E-state index >= 15 is 0 Å². The fourth-order valence-corrected chi connectivity index (χ4v) is 3.03. The van der Waals surface area contributed by atoms with Crippen LogP contribution in [0.25, 0.3) is 10.8 Å². The van der Waals surface area contributed by atoms with Crippen LogP contribution in [-0.4, -0.2) is 21.0 Å². The van der Waals surface area contributed by atoms with Crippen LogP contribution in [-0.2, 0) is 19.6 Å². The van der Waals surface area contributed by atoms with Crippen molar-refractivity contribution in [3.05, 3.63) is 66.2 Å². The number of rotatable bonds is 2. The van der Waals surface area contributed by atoms with E-state index in [1.807, 2.05) is 6.20 Å². The van der Waals surface area contributed by atoms with Crippen LogP contribution in [0.5, 0.6) is 0 Å². The predicted molar refractivity (Wildman–Crippen MR) is 80.3 cm³/mol. The van der Waals surface area contributed by atoms with Gasteiger partial charge in [0.25, 0.3) is 0 Å². The van der Waals surface area contributed by atoms with E-state index in [1.54, 1.807) is 0 Å². The summed E-state index contributed by atoms with van der Waals surface area (Å²) in [6.07, 6.45) is 3.97. The fraction of sp³-hybridized carbons (Fsp3) is 0.235. The molecule has 0 spiro atoms. The van der Waals surface area contributed by atoms with E-state index in [0.29, 0.717) is 0 Å². The highest BCUT2D eigenvalue weighted by molar-refractivity contribution is 5.85. The Bertz CT molecular complexity index is 739. The van der Waals surface area contributed by atoms with Crippen LogP contribution in [0.2, 0.25) is 0 Å². The Hall–Kier alpha value is -2.13. The summed E-state index contributed by atoms with van der Waals surface area (Å²) in [7, 11) is 0. The van der Waals surface area contributed by atoms with Crippen LogP contribution in [0.3, 0.4) is 0 Å². The molecule has 0 saturated heterocycles. The first kappa shape index (κ1) is 11.7. The van der Waals surface area contributed by atoms with Gasteiger partial charge < -0.3 is 4.57 Å². The molecule has 2 aromatic carbocycles. The van der Waals surface area contributed by atoms with Crippen molar-refractivity contribution in [1.82, 2.24) is 14.5 Å². The zero-order chi connectivity index (χ0) is 13.4. The Kier molecular flexibility index (Phi) is 2.78. The zero-order valence-electron chi connectivity index (χ0n) is 11.4. The molecule has 4 rings (SSSR count). The Balaban J connectivity index is 1.63. The third-order valence-electron chi connectivity index (χ3n) is 4.10. The standard InChI is InChI=1S/C17H17N3/c1-2-7-16-14(4-1)5-3-6-15(16)12-19-10-11-20-9-8-18-17(20)13-19/h1-9H,10-13H2. The van der Waals surface area contributed by atoms with Gasteiger partial charge in [0.1, 0.15) is 5.82 Å². The maximum Gasteiger partial charge on any atom is 0.122 e. The second-order valence-corrected chi connectivity index (χ2v) is 5.39. The molecule has 0 bridgehead atoms. The molecule has 0 radical (unpaired) electrons. The van der Waals surface area contributed by atoms with Gasteiger partial charge in [0.05, 0.1) is 6.54 Å². The number of aromatic nitrogens is 2. The number of imidazole rings is 1. The minimum absolute atomic E-state index is 0.941.